The van der Waals surface area contributed by atoms with Crippen LogP contribution in [0.25, 0.3) is 11.0 Å². The van der Waals surface area contributed by atoms with Gasteiger partial charge in [-0.1, -0.05) is 34.1 Å². The average Bonchev–Trinajstić information content (AvgIpc) is 2.92. The van der Waals surface area contributed by atoms with Crippen molar-refractivity contribution in [2.75, 3.05) is 0 Å². The lowest BCUT2D eigenvalue weighted by Crippen LogP contribution is -2.29. The number of nitrogens with zero attached hydrogens (tertiary/aromatic N) is 2. The summed E-state index contributed by atoms with van der Waals surface area (Å²) < 4.78 is 2.93. The fourth-order valence-corrected chi connectivity index (χ4v) is 2.72. The Bertz CT molecular complexity index is 812. The van der Waals surface area contributed by atoms with Crippen LogP contribution in [0.3, 0.4) is 0 Å². The van der Waals surface area contributed by atoms with Crippen LogP contribution in [0.4, 0.5) is 0 Å². The Labute approximate surface area is 129 Å². The fraction of sp³-hybridized carbons (Fsp3) is 0.0667. The molecule has 0 saturated heterocycles. The van der Waals surface area contributed by atoms with E-state index in [-0.39, 0.29) is 5.91 Å². The zero-order valence-electron chi connectivity index (χ0n) is 11.1. The summed E-state index contributed by atoms with van der Waals surface area (Å²) in [6, 6.07) is 13.4. The molecule has 0 aliphatic rings. The van der Waals surface area contributed by atoms with Crippen molar-refractivity contribution in [3.05, 3.63) is 64.4 Å². The van der Waals surface area contributed by atoms with Crippen LogP contribution in [-0.4, -0.2) is 15.5 Å². The molecule has 0 bridgehead atoms. The number of benzene rings is 2. The van der Waals surface area contributed by atoms with Gasteiger partial charge in [0.05, 0.1) is 23.9 Å². The minimum absolute atomic E-state index is 0.310. The molecule has 5 nitrogen and oxygen atoms in total. The maximum Gasteiger partial charge on any atom is 0.265 e. The second-order valence-corrected chi connectivity index (χ2v) is 5.50. The number of nitrogens with one attached hydrogen (secondary N) is 1. The van der Waals surface area contributed by atoms with E-state index in [9.17, 15) is 4.79 Å². The molecule has 2 aromatic carbocycles. The van der Waals surface area contributed by atoms with Gasteiger partial charge in [0.1, 0.15) is 0 Å². The highest BCUT2D eigenvalue weighted by atomic mass is 79.9. The Balaban J connectivity index is 1.93. The smallest absolute Gasteiger partial charge is 0.265 e. The largest absolute Gasteiger partial charge is 0.326 e. The Morgan fingerprint density at radius 2 is 2.10 bits per heavy atom. The number of hydrogen-bond acceptors (Lipinski definition) is 3. The molecule has 0 fully saturated rings. The van der Waals surface area contributed by atoms with Gasteiger partial charge in [0, 0.05) is 10.0 Å². The zero-order chi connectivity index (χ0) is 14.8. The van der Waals surface area contributed by atoms with Crippen molar-refractivity contribution in [1.82, 2.24) is 15.0 Å². The van der Waals surface area contributed by atoms with E-state index in [1.54, 1.807) is 12.1 Å². The van der Waals surface area contributed by atoms with Crippen molar-refractivity contribution in [3.63, 3.8) is 0 Å². The fourth-order valence-electron chi connectivity index (χ4n) is 2.22. The summed E-state index contributed by atoms with van der Waals surface area (Å²) >= 11 is 3.50. The summed E-state index contributed by atoms with van der Waals surface area (Å²) in [6.45, 7) is 0.672. The quantitative estimate of drug-likeness (QED) is 0.435. The Hall–Kier alpha value is -2.18. The molecule has 0 spiro atoms. The van der Waals surface area contributed by atoms with Gasteiger partial charge in [0.2, 0.25) is 0 Å². The zero-order valence-corrected chi connectivity index (χ0v) is 12.7. The number of nitrogen functional groups attached to an aromatic ring is 1. The number of fused-ring (bicyclic) bond motifs is 1. The molecule has 0 aliphatic heterocycles. The van der Waals surface area contributed by atoms with E-state index >= 15 is 0 Å². The maximum atomic E-state index is 11.5. The van der Waals surface area contributed by atoms with Gasteiger partial charge >= 0.3 is 0 Å². The molecule has 0 unspecified atom stereocenters. The van der Waals surface area contributed by atoms with Gasteiger partial charge in [-0.3, -0.25) is 10.2 Å². The van der Waals surface area contributed by atoms with E-state index in [1.165, 1.54) is 0 Å². The van der Waals surface area contributed by atoms with Gasteiger partial charge in [-0.25, -0.2) is 10.8 Å². The number of para-hydroxylation sites is 2. The molecular weight excluding hydrogens is 332 g/mol. The minimum atomic E-state index is -0.310. The van der Waals surface area contributed by atoms with Crippen LogP contribution in [0, 0.1) is 0 Å². The van der Waals surface area contributed by atoms with Gasteiger partial charge in [-0.15, -0.1) is 0 Å². The number of hydrazine groups is 1. The molecule has 0 radical (unpaired) electrons. The summed E-state index contributed by atoms with van der Waals surface area (Å²) in [4.78, 5) is 15.9. The monoisotopic (exact) mass is 344 g/mol. The van der Waals surface area contributed by atoms with Crippen LogP contribution in [0.15, 0.2) is 53.3 Å². The second-order valence-electron chi connectivity index (χ2n) is 4.64. The molecule has 106 valence electrons. The van der Waals surface area contributed by atoms with Gasteiger partial charge < -0.3 is 4.57 Å². The standard InChI is InChI=1S/C15H13BrN4O/c16-12-7-10(15(21)19-17)5-6-11(12)8-20-9-18-13-3-1-2-4-14(13)20/h1-7,9H,8,17H2,(H,19,21). The van der Waals surface area contributed by atoms with E-state index < -0.39 is 0 Å². The van der Waals surface area contributed by atoms with Crippen LogP contribution in [0.1, 0.15) is 15.9 Å². The van der Waals surface area contributed by atoms with Crippen molar-refractivity contribution >= 4 is 32.9 Å². The summed E-state index contributed by atoms with van der Waals surface area (Å²) in [7, 11) is 0. The number of nitrogens with two attached hydrogens (primary N) is 1. The first-order valence-electron chi connectivity index (χ1n) is 6.38. The van der Waals surface area contributed by atoms with Crippen LogP contribution >= 0.6 is 15.9 Å². The number of rotatable bonds is 3. The molecule has 21 heavy (non-hydrogen) atoms. The third kappa shape index (κ3) is 2.68. The Kier molecular flexibility index (Phi) is 3.72. The number of carbonyl (C=O) groups excluding carboxylic acids is 1. The predicted octanol–water partition coefficient (Wildman–Crippen LogP) is 2.45. The van der Waals surface area contributed by atoms with Crippen molar-refractivity contribution in [2.45, 2.75) is 6.54 Å². The molecular formula is C15H13BrN4O. The van der Waals surface area contributed by atoms with E-state index in [0.29, 0.717) is 12.1 Å². The molecule has 3 rings (SSSR count). The lowest BCUT2D eigenvalue weighted by molar-refractivity contribution is 0.0953. The first kappa shape index (κ1) is 13.8. The molecule has 1 amide bonds. The molecule has 3 N–H and O–H groups in total. The van der Waals surface area contributed by atoms with E-state index in [0.717, 1.165) is 21.1 Å². The van der Waals surface area contributed by atoms with Crippen LogP contribution in [-0.2, 0) is 6.54 Å². The van der Waals surface area contributed by atoms with Crippen molar-refractivity contribution < 1.29 is 4.79 Å². The summed E-state index contributed by atoms with van der Waals surface area (Å²) in [5, 5.41) is 0. The highest BCUT2D eigenvalue weighted by Gasteiger charge is 2.09. The van der Waals surface area contributed by atoms with Crippen molar-refractivity contribution in [2.24, 2.45) is 5.84 Å². The SMILES string of the molecule is NNC(=O)c1ccc(Cn2cnc3ccccc32)c(Br)c1. The highest BCUT2D eigenvalue weighted by Crippen LogP contribution is 2.21. The number of hydrogen-bond donors (Lipinski definition) is 2. The number of carbonyl (C=O) groups is 1. The minimum Gasteiger partial charge on any atom is -0.326 e. The van der Waals surface area contributed by atoms with Crippen LogP contribution < -0.4 is 11.3 Å². The topological polar surface area (TPSA) is 72.9 Å². The summed E-state index contributed by atoms with van der Waals surface area (Å²) in [5.41, 5.74) is 5.74. The highest BCUT2D eigenvalue weighted by molar-refractivity contribution is 9.10. The Morgan fingerprint density at radius 3 is 2.86 bits per heavy atom. The van der Waals surface area contributed by atoms with Crippen molar-refractivity contribution in [3.8, 4) is 0 Å². The molecule has 1 aromatic heterocycles. The van der Waals surface area contributed by atoms with E-state index in [4.69, 9.17) is 5.84 Å². The Morgan fingerprint density at radius 1 is 1.29 bits per heavy atom. The first-order valence-corrected chi connectivity index (χ1v) is 7.17. The summed E-state index contributed by atoms with van der Waals surface area (Å²) in [6.07, 6.45) is 1.82. The number of imidazole rings is 1. The number of halogens is 1. The van der Waals surface area contributed by atoms with Gasteiger partial charge in [-0.05, 0) is 29.8 Å². The lowest BCUT2D eigenvalue weighted by Gasteiger charge is -2.08. The van der Waals surface area contributed by atoms with Crippen LogP contribution in [0.5, 0.6) is 0 Å². The van der Waals surface area contributed by atoms with Gasteiger partial charge in [-0.2, -0.15) is 0 Å². The molecule has 3 aromatic rings. The number of amides is 1. The van der Waals surface area contributed by atoms with E-state index in [2.05, 4.69) is 30.9 Å². The maximum absolute atomic E-state index is 11.5. The van der Waals surface area contributed by atoms with Gasteiger partial charge in [0.15, 0.2) is 0 Å². The normalized spacial score (nSPS) is 10.8. The van der Waals surface area contributed by atoms with Gasteiger partial charge in [0.25, 0.3) is 5.91 Å². The third-order valence-corrected chi connectivity index (χ3v) is 4.05. The first-order chi connectivity index (χ1) is 10.2. The third-order valence-electron chi connectivity index (χ3n) is 3.31. The molecule has 0 aliphatic carbocycles. The predicted molar refractivity (Wildman–Crippen MR) is 84.6 cm³/mol. The number of aromatic nitrogens is 2. The van der Waals surface area contributed by atoms with E-state index in [1.807, 2.05) is 36.7 Å². The average molecular weight is 345 g/mol. The molecule has 0 saturated carbocycles. The molecule has 0 atom stereocenters. The summed E-state index contributed by atoms with van der Waals surface area (Å²) in [5.74, 6) is 4.83. The lowest BCUT2D eigenvalue weighted by atomic mass is 10.1. The van der Waals surface area contributed by atoms with Crippen molar-refractivity contribution in [1.29, 1.82) is 0 Å². The molecule has 6 heteroatoms. The van der Waals surface area contributed by atoms with Crippen LogP contribution in [0.2, 0.25) is 0 Å². The second kappa shape index (κ2) is 5.67. The molecule has 1 heterocycles.